The molecule has 0 fully saturated rings. The molecule has 0 heterocycles. The molecule has 0 spiro atoms. The van der Waals surface area contributed by atoms with Gasteiger partial charge >= 0.3 is 12.1 Å². The van der Waals surface area contributed by atoms with E-state index in [1.54, 1.807) is 27.7 Å². The van der Waals surface area contributed by atoms with Crippen molar-refractivity contribution >= 4 is 12.1 Å². The Morgan fingerprint density at radius 1 is 1.24 bits per heavy atom. The van der Waals surface area contributed by atoms with Gasteiger partial charge in [0.15, 0.2) is 0 Å². The van der Waals surface area contributed by atoms with E-state index in [0.29, 0.717) is 13.0 Å². The first-order valence-electron chi connectivity index (χ1n) is 5.96. The SMILES string of the molecule is CCCOC(=O)C(CC)NC(=O)OC(C)(C)C. The van der Waals surface area contributed by atoms with Crippen LogP contribution < -0.4 is 5.32 Å². The number of nitrogens with one attached hydrogen (secondary N) is 1. The normalized spacial score (nSPS) is 12.8. The summed E-state index contributed by atoms with van der Waals surface area (Å²) in [7, 11) is 0. The van der Waals surface area contributed by atoms with Gasteiger partial charge in [-0.05, 0) is 33.6 Å². The van der Waals surface area contributed by atoms with Crippen molar-refractivity contribution in [3.63, 3.8) is 0 Å². The van der Waals surface area contributed by atoms with E-state index in [2.05, 4.69) is 5.32 Å². The van der Waals surface area contributed by atoms with E-state index in [1.807, 2.05) is 6.92 Å². The van der Waals surface area contributed by atoms with Crippen LogP contribution in [0.25, 0.3) is 0 Å². The molecule has 0 saturated carbocycles. The summed E-state index contributed by atoms with van der Waals surface area (Å²) in [6.45, 7) is 9.38. The molecule has 0 radical (unpaired) electrons. The molecule has 1 N–H and O–H groups in total. The van der Waals surface area contributed by atoms with E-state index >= 15 is 0 Å². The molecule has 1 atom stereocenters. The zero-order valence-corrected chi connectivity index (χ0v) is 11.3. The van der Waals surface area contributed by atoms with Gasteiger partial charge in [-0.25, -0.2) is 9.59 Å². The summed E-state index contributed by atoms with van der Waals surface area (Å²) in [5.74, 6) is -0.416. The molecule has 0 aliphatic heterocycles. The summed E-state index contributed by atoms with van der Waals surface area (Å²) in [6.07, 6.45) is 0.633. The van der Waals surface area contributed by atoms with Gasteiger partial charge in [0.25, 0.3) is 0 Å². The van der Waals surface area contributed by atoms with Gasteiger partial charge in [0.1, 0.15) is 11.6 Å². The minimum Gasteiger partial charge on any atom is -0.464 e. The Bertz CT molecular complexity index is 258. The quantitative estimate of drug-likeness (QED) is 0.754. The minimum atomic E-state index is -0.642. The Balaban J connectivity index is 4.21. The largest absolute Gasteiger partial charge is 0.464 e. The lowest BCUT2D eigenvalue weighted by molar-refractivity contribution is -0.146. The summed E-state index contributed by atoms with van der Waals surface area (Å²) in [4.78, 5) is 23.0. The summed E-state index contributed by atoms with van der Waals surface area (Å²) in [5, 5.41) is 2.50. The maximum Gasteiger partial charge on any atom is 0.408 e. The molecule has 5 heteroatoms. The highest BCUT2D eigenvalue weighted by Gasteiger charge is 2.23. The number of carbonyl (C=O) groups is 2. The van der Waals surface area contributed by atoms with Crippen LogP contribution in [0.15, 0.2) is 0 Å². The lowest BCUT2D eigenvalue weighted by atomic mass is 10.2. The van der Waals surface area contributed by atoms with Crippen molar-refractivity contribution in [3.8, 4) is 0 Å². The van der Waals surface area contributed by atoms with Crippen LogP contribution in [0.3, 0.4) is 0 Å². The number of rotatable bonds is 5. The minimum absolute atomic E-state index is 0.366. The predicted molar refractivity (Wildman–Crippen MR) is 64.7 cm³/mol. The molecular weight excluding hydrogens is 222 g/mol. The smallest absolute Gasteiger partial charge is 0.408 e. The number of ether oxygens (including phenoxy) is 2. The van der Waals surface area contributed by atoms with Crippen LogP contribution in [0, 0.1) is 0 Å². The summed E-state index contributed by atoms with van der Waals surface area (Å²) in [6, 6.07) is -0.642. The molecule has 0 aromatic rings. The maximum absolute atomic E-state index is 11.5. The van der Waals surface area contributed by atoms with Crippen molar-refractivity contribution in [3.05, 3.63) is 0 Å². The second kappa shape index (κ2) is 7.14. The Labute approximate surface area is 103 Å². The maximum atomic E-state index is 11.5. The van der Waals surface area contributed by atoms with Gasteiger partial charge in [-0.2, -0.15) is 0 Å². The van der Waals surface area contributed by atoms with Crippen molar-refractivity contribution in [2.75, 3.05) is 6.61 Å². The fourth-order valence-electron chi connectivity index (χ4n) is 1.08. The Morgan fingerprint density at radius 2 is 1.82 bits per heavy atom. The fraction of sp³-hybridized carbons (Fsp3) is 0.833. The second-order valence-electron chi connectivity index (χ2n) is 4.77. The van der Waals surface area contributed by atoms with Crippen LogP contribution in [0.1, 0.15) is 47.5 Å². The summed E-state index contributed by atoms with van der Waals surface area (Å²) in [5.41, 5.74) is -0.574. The van der Waals surface area contributed by atoms with E-state index in [4.69, 9.17) is 9.47 Å². The van der Waals surface area contributed by atoms with Crippen molar-refractivity contribution in [1.82, 2.24) is 5.32 Å². The second-order valence-corrected chi connectivity index (χ2v) is 4.77. The van der Waals surface area contributed by atoms with Crippen LogP contribution in [-0.2, 0) is 14.3 Å². The van der Waals surface area contributed by atoms with E-state index in [0.717, 1.165) is 6.42 Å². The third-order valence-corrected chi connectivity index (χ3v) is 1.83. The van der Waals surface area contributed by atoms with Crippen LogP contribution in [-0.4, -0.2) is 30.3 Å². The highest BCUT2D eigenvalue weighted by Crippen LogP contribution is 2.07. The summed E-state index contributed by atoms with van der Waals surface area (Å²) >= 11 is 0. The third-order valence-electron chi connectivity index (χ3n) is 1.83. The van der Waals surface area contributed by atoms with Crippen molar-refractivity contribution in [1.29, 1.82) is 0 Å². The zero-order chi connectivity index (χ0) is 13.5. The highest BCUT2D eigenvalue weighted by molar-refractivity contribution is 5.81. The first kappa shape index (κ1) is 15.7. The van der Waals surface area contributed by atoms with Gasteiger partial charge < -0.3 is 14.8 Å². The number of carbonyl (C=O) groups excluding carboxylic acids is 2. The van der Waals surface area contributed by atoms with Crippen molar-refractivity contribution < 1.29 is 19.1 Å². The zero-order valence-electron chi connectivity index (χ0n) is 11.3. The van der Waals surface area contributed by atoms with Crippen molar-refractivity contribution in [2.45, 2.75) is 59.1 Å². The first-order chi connectivity index (χ1) is 7.80. The van der Waals surface area contributed by atoms with Crippen LogP contribution >= 0.6 is 0 Å². The van der Waals surface area contributed by atoms with E-state index < -0.39 is 23.7 Å². The first-order valence-corrected chi connectivity index (χ1v) is 5.96. The molecule has 0 aromatic heterocycles. The Hall–Kier alpha value is -1.26. The van der Waals surface area contributed by atoms with Gasteiger partial charge in [0, 0.05) is 0 Å². The van der Waals surface area contributed by atoms with Gasteiger partial charge in [-0.15, -0.1) is 0 Å². The molecule has 0 rings (SSSR count). The highest BCUT2D eigenvalue weighted by atomic mass is 16.6. The Kier molecular flexibility index (Phi) is 6.61. The van der Waals surface area contributed by atoms with E-state index in [1.165, 1.54) is 0 Å². The molecule has 17 heavy (non-hydrogen) atoms. The number of esters is 1. The number of hydrogen-bond acceptors (Lipinski definition) is 4. The van der Waals surface area contributed by atoms with Crippen LogP contribution in [0.4, 0.5) is 4.79 Å². The molecule has 0 aliphatic rings. The summed E-state index contributed by atoms with van der Waals surface area (Å²) < 4.78 is 10.0. The number of amides is 1. The van der Waals surface area contributed by atoms with Crippen molar-refractivity contribution in [2.24, 2.45) is 0 Å². The third kappa shape index (κ3) is 7.60. The molecule has 0 aliphatic carbocycles. The molecule has 5 nitrogen and oxygen atoms in total. The molecule has 100 valence electrons. The molecule has 0 saturated heterocycles. The van der Waals surface area contributed by atoms with Gasteiger partial charge in [0.2, 0.25) is 0 Å². The van der Waals surface area contributed by atoms with Gasteiger partial charge in [-0.1, -0.05) is 13.8 Å². The lowest BCUT2D eigenvalue weighted by Gasteiger charge is -2.22. The van der Waals surface area contributed by atoms with E-state index in [9.17, 15) is 9.59 Å². The standard InChI is InChI=1S/C12H23NO4/c1-6-8-16-10(14)9(7-2)13-11(15)17-12(3,4)5/h9H,6-8H2,1-5H3,(H,13,15). The molecule has 1 amide bonds. The van der Waals surface area contributed by atoms with Crippen LogP contribution in [0.2, 0.25) is 0 Å². The molecule has 1 unspecified atom stereocenters. The Morgan fingerprint density at radius 3 is 2.24 bits per heavy atom. The molecule has 0 bridgehead atoms. The topological polar surface area (TPSA) is 64.6 Å². The average Bonchev–Trinajstić information content (AvgIpc) is 2.19. The predicted octanol–water partition coefficient (Wildman–Crippen LogP) is 2.24. The molecule has 0 aromatic carbocycles. The van der Waals surface area contributed by atoms with Gasteiger partial charge in [0.05, 0.1) is 6.61 Å². The van der Waals surface area contributed by atoms with Gasteiger partial charge in [-0.3, -0.25) is 0 Å². The fourth-order valence-corrected chi connectivity index (χ4v) is 1.08. The van der Waals surface area contributed by atoms with E-state index in [-0.39, 0.29) is 0 Å². The lowest BCUT2D eigenvalue weighted by Crippen LogP contribution is -2.43. The monoisotopic (exact) mass is 245 g/mol. The molecular formula is C12H23NO4. The average molecular weight is 245 g/mol. The number of hydrogen-bond donors (Lipinski definition) is 1. The number of alkyl carbamates (subject to hydrolysis) is 1. The van der Waals surface area contributed by atoms with Crippen LogP contribution in [0.5, 0.6) is 0 Å².